The summed E-state index contributed by atoms with van der Waals surface area (Å²) < 4.78 is 0. The van der Waals surface area contributed by atoms with E-state index in [1.165, 1.54) is 0 Å². The highest BCUT2D eigenvalue weighted by Crippen LogP contribution is 2.12. The van der Waals surface area contributed by atoms with Crippen molar-refractivity contribution in [1.29, 1.82) is 0 Å². The van der Waals surface area contributed by atoms with Crippen molar-refractivity contribution >= 4 is 5.91 Å². The molecular formula is C15H16N2O2. The molecule has 4 nitrogen and oxygen atoms in total. The second kappa shape index (κ2) is 5.52. The van der Waals surface area contributed by atoms with Crippen molar-refractivity contribution in [3.05, 3.63) is 59.4 Å². The maximum atomic E-state index is 12.2. The van der Waals surface area contributed by atoms with Crippen molar-refractivity contribution in [3.8, 4) is 5.75 Å². The second-order valence-electron chi connectivity index (χ2n) is 4.51. The summed E-state index contributed by atoms with van der Waals surface area (Å²) >= 11 is 0. The number of pyridine rings is 1. The number of phenolic OH excluding ortho intramolecular Hbond substituents is 1. The van der Waals surface area contributed by atoms with Gasteiger partial charge in [-0.3, -0.25) is 9.78 Å². The zero-order chi connectivity index (χ0) is 13.8. The molecule has 0 radical (unpaired) electrons. The Labute approximate surface area is 112 Å². The van der Waals surface area contributed by atoms with Gasteiger partial charge in [0, 0.05) is 31.0 Å². The standard InChI is InChI=1S/C15H16N2O2/c1-11-9-13(7-8-16-11)15(19)17(2)10-12-3-5-14(18)6-4-12/h3-9,18H,10H2,1-2H3. The van der Waals surface area contributed by atoms with E-state index in [4.69, 9.17) is 0 Å². The molecule has 0 bridgehead atoms. The summed E-state index contributed by atoms with van der Waals surface area (Å²) in [6, 6.07) is 10.3. The lowest BCUT2D eigenvalue weighted by molar-refractivity contribution is 0.0785. The minimum Gasteiger partial charge on any atom is -0.508 e. The molecule has 1 amide bonds. The van der Waals surface area contributed by atoms with E-state index < -0.39 is 0 Å². The number of hydrogen-bond acceptors (Lipinski definition) is 3. The van der Waals surface area contributed by atoms with Gasteiger partial charge < -0.3 is 10.0 Å². The first-order valence-corrected chi connectivity index (χ1v) is 6.02. The molecule has 0 unspecified atom stereocenters. The summed E-state index contributed by atoms with van der Waals surface area (Å²) in [6.45, 7) is 2.36. The number of hydrogen-bond donors (Lipinski definition) is 1. The number of benzene rings is 1. The van der Waals surface area contributed by atoms with Crippen LogP contribution < -0.4 is 0 Å². The van der Waals surface area contributed by atoms with Crippen LogP contribution in [0.5, 0.6) is 5.75 Å². The molecule has 1 aromatic heterocycles. The highest BCUT2D eigenvalue weighted by Gasteiger charge is 2.12. The molecule has 0 spiro atoms. The number of carbonyl (C=O) groups excluding carboxylic acids is 1. The molecule has 98 valence electrons. The summed E-state index contributed by atoms with van der Waals surface area (Å²) in [5, 5.41) is 9.22. The number of phenols is 1. The Morgan fingerprint density at radius 2 is 1.95 bits per heavy atom. The molecule has 0 fully saturated rings. The van der Waals surface area contributed by atoms with Crippen LogP contribution >= 0.6 is 0 Å². The fourth-order valence-electron chi connectivity index (χ4n) is 1.85. The zero-order valence-electron chi connectivity index (χ0n) is 11.0. The van der Waals surface area contributed by atoms with Gasteiger partial charge >= 0.3 is 0 Å². The maximum absolute atomic E-state index is 12.2. The lowest BCUT2D eigenvalue weighted by atomic mass is 10.1. The smallest absolute Gasteiger partial charge is 0.254 e. The summed E-state index contributed by atoms with van der Waals surface area (Å²) in [5.74, 6) is 0.182. The summed E-state index contributed by atoms with van der Waals surface area (Å²) in [7, 11) is 1.75. The molecule has 0 atom stereocenters. The maximum Gasteiger partial charge on any atom is 0.254 e. The van der Waals surface area contributed by atoms with Crippen molar-refractivity contribution in [2.75, 3.05) is 7.05 Å². The Morgan fingerprint density at radius 1 is 1.26 bits per heavy atom. The van der Waals surface area contributed by atoms with Crippen molar-refractivity contribution in [2.24, 2.45) is 0 Å². The van der Waals surface area contributed by atoms with Gasteiger partial charge in [0.1, 0.15) is 5.75 Å². The molecule has 0 saturated carbocycles. The van der Waals surface area contributed by atoms with E-state index in [0.29, 0.717) is 12.1 Å². The topological polar surface area (TPSA) is 53.4 Å². The number of aryl methyl sites for hydroxylation is 1. The predicted molar refractivity (Wildman–Crippen MR) is 72.9 cm³/mol. The molecule has 0 saturated heterocycles. The van der Waals surface area contributed by atoms with Crippen molar-refractivity contribution < 1.29 is 9.90 Å². The average Bonchev–Trinajstić information content (AvgIpc) is 2.40. The Kier molecular flexibility index (Phi) is 3.80. The van der Waals surface area contributed by atoms with Crippen molar-refractivity contribution in [3.63, 3.8) is 0 Å². The van der Waals surface area contributed by atoms with Gasteiger partial charge in [0.2, 0.25) is 0 Å². The lowest BCUT2D eigenvalue weighted by Gasteiger charge is -2.17. The molecule has 0 aliphatic heterocycles. The van der Waals surface area contributed by atoms with Crippen LogP contribution in [0.1, 0.15) is 21.6 Å². The third-order valence-electron chi connectivity index (χ3n) is 2.85. The number of nitrogens with zero attached hydrogens (tertiary/aromatic N) is 2. The lowest BCUT2D eigenvalue weighted by Crippen LogP contribution is -2.26. The van der Waals surface area contributed by atoms with Crippen LogP contribution in [-0.4, -0.2) is 27.9 Å². The Bertz CT molecular complexity index is 579. The second-order valence-corrected chi connectivity index (χ2v) is 4.51. The molecule has 1 heterocycles. The molecule has 1 N–H and O–H groups in total. The largest absolute Gasteiger partial charge is 0.508 e. The van der Waals surface area contributed by atoms with Crippen LogP contribution in [0.25, 0.3) is 0 Å². The van der Waals surface area contributed by atoms with Gasteiger partial charge in [-0.15, -0.1) is 0 Å². The monoisotopic (exact) mass is 256 g/mol. The van der Waals surface area contributed by atoms with Gasteiger partial charge in [-0.05, 0) is 36.8 Å². The normalized spacial score (nSPS) is 10.2. The van der Waals surface area contributed by atoms with E-state index in [-0.39, 0.29) is 11.7 Å². The summed E-state index contributed by atoms with van der Waals surface area (Å²) in [4.78, 5) is 17.9. The Balaban J connectivity index is 2.09. The molecule has 0 aliphatic rings. The number of carbonyl (C=O) groups is 1. The van der Waals surface area contributed by atoms with Gasteiger partial charge in [-0.2, -0.15) is 0 Å². The molecule has 2 rings (SSSR count). The highest BCUT2D eigenvalue weighted by molar-refractivity contribution is 5.94. The first-order valence-electron chi connectivity index (χ1n) is 6.02. The Hall–Kier alpha value is -2.36. The third kappa shape index (κ3) is 3.31. The number of amides is 1. The van der Waals surface area contributed by atoms with Crippen molar-refractivity contribution in [2.45, 2.75) is 13.5 Å². The molecule has 0 aliphatic carbocycles. The van der Waals surface area contributed by atoms with E-state index in [0.717, 1.165) is 11.3 Å². The predicted octanol–water partition coefficient (Wildman–Crippen LogP) is 2.37. The third-order valence-corrected chi connectivity index (χ3v) is 2.85. The van der Waals surface area contributed by atoms with Gasteiger partial charge in [0.15, 0.2) is 0 Å². The fourth-order valence-corrected chi connectivity index (χ4v) is 1.85. The van der Waals surface area contributed by atoms with Crippen LogP contribution in [0.2, 0.25) is 0 Å². The van der Waals surface area contributed by atoms with Crippen LogP contribution in [0, 0.1) is 6.92 Å². The minimum absolute atomic E-state index is 0.0430. The first kappa shape index (κ1) is 13.1. The van der Waals surface area contributed by atoms with E-state index in [1.54, 1.807) is 54.5 Å². The van der Waals surface area contributed by atoms with Crippen LogP contribution in [0.4, 0.5) is 0 Å². The van der Waals surface area contributed by atoms with Gasteiger partial charge in [-0.25, -0.2) is 0 Å². The molecule has 2 aromatic rings. The molecule has 19 heavy (non-hydrogen) atoms. The van der Waals surface area contributed by atoms with E-state index in [1.807, 2.05) is 6.92 Å². The van der Waals surface area contributed by atoms with E-state index in [2.05, 4.69) is 4.98 Å². The van der Waals surface area contributed by atoms with Gasteiger partial charge in [0.25, 0.3) is 5.91 Å². The fraction of sp³-hybridized carbons (Fsp3) is 0.200. The van der Waals surface area contributed by atoms with Crippen molar-refractivity contribution in [1.82, 2.24) is 9.88 Å². The summed E-state index contributed by atoms with van der Waals surface area (Å²) in [6.07, 6.45) is 1.64. The molecular weight excluding hydrogens is 240 g/mol. The van der Waals surface area contributed by atoms with Gasteiger partial charge in [0.05, 0.1) is 0 Å². The minimum atomic E-state index is -0.0430. The van der Waals surface area contributed by atoms with E-state index >= 15 is 0 Å². The van der Waals surface area contributed by atoms with E-state index in [9.17, 15) is 9.90 Å². The van der Waals surface area contributed by atoms with Crippen LogP contribution in [0.3, 0.4) is 0 Å². The number of aromatic hydroxyl groups is 1. The number of aromatic nitrogens is 1. The quantitative estimate of drug-likeness (QED) is 0.917. The van der Waals surface area contributed by atoms with Crippen LogP contribution in [-0.2, 0) is 6.54 Å². The SMILES string of the molecule is Cc1cc(C(=O)N(C)Cc2ccc(O)cc2)ccn1. The zero-order valence-corrected chi connectivity index (χ0v) is 11.0. The van der Waals surface area contributed by atoms with Gasteiger partial charge in [-0.1, -0.05) is 12.1 Å². The first-order chi connectivity index (χ1) is 9.06. The number of rotatable bonds is 3. The molecule has 1 aromatic carbocycles. The average molecular weight is 256 g/mol. The Morgan fingerprint density at radius 3 is 2.58 bits per heavy atom. The molecule has 4 heteroatoms. The summed E-state index contributed by atoms with van der Waals surface area (Å²) in [5.41, 5.74) is 2.43. The highest BCUT2D eigenvalue weighted by atomic mass is 16.3. The van der Waals surface area contributed by atoms with Crippen LogP contribution in [0.15, 0.2) is 42.6 Å².